The smallest absolute Gasteiger partial charge is 0.265 e. The first kappa shape index (κ1) is 19.3. The summed E-state index contributed by atoms with van der Waals surface area (Å²) in [5.41, 5.74) is 3.19. The van der Waals surface area contributed by atoms with Gasteiger partial charge < -0.3 is 16.0 Å². The molecule has 0 aliphatic heterocycles. The third kappa shape index (κ3) is 4.83. The van der Waals surface area contributed by atoms with Crippen molar-refractivity contribution < 1.29 is 14.4 Å². The highest BCUT2D eigenvalue weighted by Crippen LogP contribution is 2.21. The first-order valence-corrected chi connectivity index (χ1v) is 9.45. The fourth-order valence-corrected chi connectivity index (χ4v) is 3.15. The highest BCUT2D eigenvalue weighted by Gasteiger charge is 2.10. The zero-order chi connectivity index (χ0) is 20.1. The fraction of sp³-hybridized carbons (Fsp3) is 0.0952. The minimum atomic E-state index is -0.284. The van der Waals surface area contributed by atoms with Crippen molar-refractivity contribution in [3.05, 3.63) is 76.0 Å². The van der Waals surface area contributed by atoms with E-state index in [-0.39, 0.29) is 17.7 Å². The van der Waals surface area contributed by atoms with Crippen molar-refractivity contribution in [3.63, 3.8) is 0 Å². The monoisotopic (exact) mass is 393 g/mol. The molecule has 28 heavy (non-hydrogen) atoms. The lowest BCUT2D eigenvalue weighted by Gasteiger charge is -2.11. The van der Waals surface area contributed by atoms with Crippen molar-refractivity contribution >= 4 is 46.1 Å². The number of nitrogens with one attached hydrogen (secondary N) is 3. The molecule has 7 heteroatoms. The Hall–Kier alpha value is -3.45. The summed E-state index contributed by atoms with van der Waals surface area (Å²) in [6.45, 7) is 3.31. The molecule has 1 aromatic heterocycles. The summed E-state index contributed by atoms with van der Waals surface area (Å²) >= 11 is 1.36. The van der Waals surface area contributed by atoms with Gasteiger partial charge in [0.2, 0.25) is 5.91 Å². The van der Waals surface area contributed by atoms with E-state index in [1.807, 2.05) is 24.4 Å². The van der Waals surface area contributed by atoms with E-state index in [0.29, 0.717) is 27.5 Å². The summed E-state index contributed by atoms with van der Waals surface area (Å²) in [7, 11) is 0. The van der Waals surface area contributed by atoms with Gasteiger partial charge in [0.05, 0.1) is 4.88 Å². The molecule has 1 heterocycles. The van der Waals surface area contributed by atoms with Crippen LogP contribution in [0, 0.1) is 6.92 Å². The summed E-state index contributed by atoms with van der Waals surface area (Å²) < 4.78 is 0. The van der Waals surface area contributed by atoms with E-state index in [4.69, 9.17) is 0 Å². The molecule has 0 bridgehead atoms. The number of thiophene rings is 1. The van der Waals surface area contributed by atoms with Crippen LogP contribution in [0.15, 0.2) is 60.0 Å². The topological polar surface area (TPSA) is 87.3 Å². The second kappa shape index (κ2) is 8.49. The zero-order valence-corrected chi connectivity index (χ0v) is 16.2. The van der Waals surface area contributed by atoms with Crippen LogP contribution < -0.4 is 16.0 Å². The largest absolute Gasteiger partial charge is 0.326 e. The fourth-order valence-electron chi connectivity index (χ4n) is 2.53. The number of carbonyl (C=O) groups is 3. The van der Waals surface area contributed by atoms with Crippen LogP contribution in [-0.2, 0) is 4.79 Å². The van der Waals surface area contributed by atoms with Gasteiger partial charge >= 0.3 is 0 Å². The quantitative estimate of drug-likeness (QED) is 0.596. The Balaban J connectivity index is 1.66. The average Bonchev–Trinajstić information content (AvgIpc) is 3.19. The number of hydrogen-bond acceptors (Lipinski definition) is 4. The highest BCUT2D eigenvalue weighted by molar-refractivity contribution is 7.12. The third-order valence-corrected chi connectivity index (χ3v) is 4.82. The first-order valence-electron chi connectivity index (χ1n) is 8.57. The molecule has 3 N–H and O–H groups in total. The Bertz CT molecular complexity index is 1010. The standard InChI is InChI=1S/C21H19N3O3S/c1-13-5-8-17(12-18(13)22-14(2)25)24-20(26)15-6-9-16(10-7-15)23-21(27)19-4-3-11-28-19/h3-12H,1-2H3,(H,22,25)(H,23,27)(H,24,26). The number of hydrogen-bond donors (Lipinski definition) is 3. The molecule has 3 rings (SSSR count). The van der Waals surface area contributed by atoms with E-state index in [9.17, 15) is 14.4 Å². The number of aryl methyl sites for hydroxylation is 1. The van der Waals surface area contributed by atoms with E-state index in [1.54, 1.807) is 42.5 Å². The predicted molar refractivity (Wildman–Crippen MR) is 112 cm³/mol. The lowest BCUT2D eigenvalue weighted by atomic mass is 10.1. The van der Waals surface area contributed by atoms with Gasteiger partial charge in [-0.1, -0.05) is 12.1 Å². The van der Waals surface area contributed by atoms with Crippen LogP contribution >= 0.6 is 11.3 Å². The predicted octanol–water partition coefficient (Wildman–Crippen LogP) is 4.52. The molecule has 6 nitrogen and oxygen atoms in total. The molecule has 0 atom stereocenters. The molecule has 142 valence electrons. The van der Waals surface area contributed by atoms with Crippen molar-refractivity contribution in [2.45, 2.75) is 13.8 Å². The van der Waals surface area contributed by atoms with Crippen LogP contribution in [0.25, 0.3) is 0 Å². The Morgan fingerprint density at radius 3 is 2.14 bits per heavy atom. The van der Waals surface area contributed by atoms with Crippen LogP contribution in [-0.4, -0.2) is 17.7 Å². The van der Waals surface area contributed by atoms with Gasteiger partial charge in [-0.15, -0.1) is 11.3 Å². The second-order valence-corrected chi connectivity index (χ2v) is 7.12. The molecule has 0 aliphatic carbocycles. The van der Waals surface area contributed by atoms with E-state index < -0.39 is 0 Å². The minimum absolute atomic E-state index is 0.174. The molecule has 0 fully saturated rings. The van der Waals surface area contributed by atoms with E-state index in [2.05, 4.69) is 16.0 Å². The molecule has 0 spiro atoms. The summed E-state index contributed by atoms with van der Waals surface area (Å²) in [6, 6.07) is 15.5. The Labute approximate surface area is 166 Å². The number of benzene rings is 2. The summed E-state index contributed by atoms with van der Waals surface area (Å²) in [6.07, 6.45) is 0. The van der Waals surface area contributed by atoms with Crippen molar-refractivity contribution in [2.75, 3.05) is 16.0 Å². The van der Waals surface area contributed by atoms with Crippen LogP contribution in [0.2, 0.25) is 0 Å². The van der Waals surface area contributed by atoms with Crippen molar-refractivity contribution in [1.82, 2.24) is 0 Å². The van der Waals surface area contributed by atoms with Crippen molar-refractivity contribution in [2.24, 2.45) is 0 Å². The maximum atomic E-state index is 12.5. The van der Waals surface area contributed by atoms with E-state index >= 15 is 0 Å². The molecule has 0 saturated carbocycles. The van der Waals surface area contributed by atoms with E-state index in [0.717, 1.165) is 5.56 Å². The normalized spacial score (nSPS) is 10.2. The summed E-state index contributed by atoms with van der Waals surface area (Å²) in [5, 5.41) is 10.2. The number of anilines is 3. The van der Waals surface area contributed by atoms with Crippen molar-refractivity contribution in [1.29, 1.82) is 0 Å². The second-order valence-electron chi connectivity index (χ2n) is 6.17. The number of amides is 3. The first-order chi connectivity index (χ1) is 13.4. The van der Waals surface area contributed by atoms with Gasteiger partial charge in [-0.2, -0.15) is 0 Å². The Morgan fingerprint density at radius 1 is 0.821 bits per heavy atom. The van der Waals surface area contributed by atoms with Gasteiger partial charge in [0.1, 0.15) is 0 Å². The zero-order valence-electron chi connectivity index (χ0n) is 15.4. The Kier molecular flexibility index (Phi) is 5.86. The lowest BCUT2D eigenvalue weighted by molar-refractivity contribution is -0.114. The summed E-state index contributed by atoms with van der Waals surface area (Å²) in [5.74, 6) is -0.641. The molecule has 3 aromatic rings. The molecular formula is C21H19N3O3S. The van der Waals surface area contributed by atoms with E-state index in [1.165, 1.54) is 18.3 Å². The van der Waals surface area contributed by atoms with Crippen LogP contribution in [0.3, 0.4) is 0 Å². The third-order valence-electron chi connectivity index (χ3n) is 3.96. The minimum Gasteiger partial charge on any atom is -0.326 e. The molecule has 0 saturated heterocycles. The van der Waals surface area contributed by atoms with Gasteiger partial charge in [0, 0.05) is 29.5 Å². The Morgan fingerprint density at radius 2 is 1.50 bits per heavy atom. The maximum Gasteiger partial charge on any atom is 0.265 e. The molecule has 3 amide bonds. The van der Waals surface area contributed by atoms with Gasteiger partial charge in [0.15, 0.2) is 0 Å². The molecule has 2 aromatic carbocycles. The number of carbonyl (C=O) groups excluding carboxylic acids is 3. The van der Waals surface area contributed by atoms with Crippen molar-refractivity contribution in [3.8, 4) is 0 Å². The lowest BCUT2D eigenvalue weighted by Crippen LogP contribution is -2.14. The van der Waals surface area contributed by atoms with Crippen LogP contribution in [0.4, 0.5) is 17.1 Å². The van der Waals surface area contributed by atoms with Gasteiger partial charge in [-0.05, 0) is 60.3 Å². The molecule has 0 unspecified atom stereocenters. The van der Waals surface area contributed by atoms with Gasteiger partial charge in [-0.25, -0.2) is 0 Å². The maximum absolute atomic E-state index is 12.5. The molecule has 0 radical (unpaired) electrons. The van der Waals surface area contributed by atoms with Gasteiger partial charge in [0.25, 0.3) is 11.8 Å². The SMILES string of the molecule is CC(=O)Nc1cc(NC(=O)c2ccc(NC(=O)c3cccs3)cc2)ccc1C. The number of rotatable bonds is 5. The van der Waals surface area contributed by atoms with Gasteiger partial charge in [-0.3, -0.25) is 14.4 Å². The summed E-state index contributed by atoms with van der Waals surface area (Å²) in [4.78, 5) is 36.4. The molecular weight excluding hydrogens is 374 g/mol. The van der Waals surface area contributed by atoms with Crippen LogP contribution in [0.5, 0.6) is 0 Å². The van der Waals surface area contributed by atoms with Crippen LogP contribution in [0.1, 0.15) is 32.5 Å². The highest BCUT2D eigenvalue weighted by atomic mass is 32.1. The average molecular weight is 393 g/mol. The molecule has 0 aliphatic rings.